The lowest BCUT2D eigenvalue weighted by Crippen LogP contribution is -2.37. The van der Waals surface area contributed by atoms with Crippen LogP contribution in [0.3, 0.4) is 0 Å². The number of nitrogens with two attached hydrogens (primary N) is 1. The Morgan fingerprint density at radius 2 is 2.24 bits per heavy atom. The molecule has 0 saturated heterocycles. The van der Waals surface area contributed by atoms with E-state index in [1.165, 1.54) is 10.9 Å². The van der Waals surface area contributed by atoms with Crippen LogP contribution in [0.4, 0.5) is 5.69 Å². The summed E-state index contributed by atoms with van der Waals surface area (Å²) in [6.07, 6.45) is 1.68. The summed E-state index contributed by atoms with van der Waals surface area (Å²) >= 11 is 3.20. The summed E-state index contributed by atoms with van der Waals surface area (Å²) in [5.41, 5.74) is 4.91. The summed E-state index contributed by atoms with van der Waals surface area (Å²) in [4.78, 5) is 22.5. The zero-order chi connectivity index (χ0) is 13.2. The molecule has 94 valence electrons. The largest absolute Gasteiger partial charge is 0.377 e. The fourth-order valence-electron chi connectivity index (χ4n) is 1.44. The zero-order valence-electron chi connectivity index (χ0n) is 9.95. The first-order valence-electron chi connectivity index (χ1n) is 5.01. The third-order valence-electron chi connectivity index (χ3n) is 2.17. The molecule has 0 aliphatic heterocycles. The molecule has 0 spiro atoms. The number of hydrogen-bond donors (Lipinski definition) is 2. The minimum atomic E-state index is -0.539. The minimum Gasteiger partial charge on any atom is -0.377 e. The Hall–Kier alpha value is -1.37. The van der Waals surface area contributed by atoms with Gasteiger partial charge in [0.15, 0.2) is 0 Å². The number of primary amides is 1. The van der Waals surface area contributed by atoms with Gasteiger partial charge in [0, 0.05) is 19.0 Å². The number of halogens is 1. The lowest BCUT2D eigenvalue weighted by molar-refractivity contribution is -0.118. The van der Waals surface area contributed by atoms with E-state index in [1.807, 2.05) is 13.8 Å². The fourth-order valence-corrected chi connectivity index (χ4v) is 1.90. The van der Waals surface area contributed by atoms with Crippen LogP contribution in [0.5, 0.6) is 0 Å². The van der Waals surface area contributed by atoms with Gasteiger partial charge in [-0.3, -0.25) is 9.59 Å². The van der Waals surface area contributed by atoms with Crippen molar-refractivity contribution in [3.8, 4) is 0 Å². The first-order chi connectivity index (χ1) is 7.73. The smallest absolute Gasteiger partial charge is 0.282 e. The Morgan fingerprint density at radius 1 is 1.65 bits per heavy atom. The van der Waals surface area contributed by atoms with E-state index in [2.05, 4.69) is 26.3 Å². The number of rotatable bonds is 4. The van der Waals surface area contributed by atoms with E-state index in [4.69, 9.17) is 5.73 Å². The van der Waals surface area contributed by atoms with E-state index in [0.717, 1.165) is 0 Å². The van der Waals surface area contributed by atoms with E-state index in [1.54, 1.807) is 7.05 Å². The van der Waals surface area contributed by atoms with Gasteiger partial charge in [-0.05, 0) is 29.8 Å². The second kappa shape index (κ2) is 4.87. The molecule has 0 bridgehead atoms. The van der Waals surface area contributed by atoms with Crippen molar-refractivity contribution in [3.05, 3.63) is 21.0 Å². The quantitative estimate of drug-likeness (QED) is 0.852. The molecule has 7 heteroatoms. The second-order valence-electron chi connectivity index (χ2n) is 4.45. The van der Waals surface area contributed by atoms with Crippen molar-refractivity contribution in [2.75, 3.05) is 5.32 Å². The van der Waals surface area contributed by atoms with Crippen LogP contribution in [-0.4, -0.2) is 21.2 Å². The number of hydrogen-bond acceptors (Lipinski definition) is 4. The van der Waals surface area contributed by atoms with Gasteiger partial charge in [-0.1, -0.05) is 0 Å². The topological polar surface area (TPSA) is 90.0 Å². The maximum Gasteiger partial charge on any atom is 0.282 e. The van der Waals surface area contributed by atoms with Crippen molar-refractivity contribution in [1.82, 2.24) is 9.78 Å². The molecule has 0 unspecified atom stereocenters. The Bertz CT molecular complexity index is 496. The summed E-state index contributed by atoms with van der Waals surface area (Å²) in [7, 11) is 1.56. The summed E-state index contributed by atoms with van der Waals surface area (Å²) in [5, 5.41) is 6.96. The Balaban J connectivity index is 3.00. The third-order valence-corrected chi connectivity index (χ3v) is 2.93. The number of nitrogens with zero attached hydrogens (tertiary/aromatic N) is 2. The first kappa shape index (κ1) is 13.7. The van der Waals surface area contributed by atoms with Gasteiger partial charge in [-0.25, -0.2) is 4.68 Å². The van der Waals surface area contributed by atoms with Crippen molar-refractivity contribution in [3.63, 3.8) is 0 Å². The van der Waals surface area contributed by atoms with E-state index in [-0.39, 0.29) is 12.0 Å². The maximum atomic E-state index is 11.6. The van der Waals surface area contributed by atoms with Crippen molar-refractivity contribution in [1.29, 1.82) is 0 Å². The predicted molar refractivity (Wildman–Crippen MR) is 68.7 cm³/mol. The van der Waals surface area contributed by atoms with Gasteiger partial charge in [0.2, 0.25) is 5.91 Å². The summed E-state index contributed by atoms with van der Waals surface area (Å²) in [5.74, 6) is -0.407. The fraction of sp³-hybridized carbons (Fsp3) is 0.500. The Morgan fingerprint density at radius 3 is 2.76 bits per heavy atom. The van der Waals surface area contributed by atoms with Crippen LogP contribution in [0.25, 0.3) is 0 Å². The third kappa shape index (κ3) is 3.55. The normalized spacial score (nSPS) is 11.3. The highest BCUT2D eigenvalue weighted by Crippen LogP contribution is 2.22. The Kier molecular flexibility index (Phi) is 3.92. The van der Waals surface area contributed by atoms with Crippen LogP contribution in [0.2, 0.25) is 0 Å². The summed E-state index contributed by atoms with van der Waals surface area (Å²) in [6.45, 7) is 3.64. The molecule has 0 radical (unpaired) electrons. The predicted octanol–water partition coefficient (Wildman–Crippen LogP) is 0.609. The molecule has 0 aliphatic rings. The molecule has 1 aromatic rings. The van der Waals surface area contributed by atoms with Crippen molar-refractivity contribution >= 4 is 27.5 Å². The summed E-state index contributed by atoms with van der Waals surface area (Å²) in [6, 6.07) is 0. The van der Waals surface area contributed by atoms with Gasteiger partial charge < -0.3 is 11.1 Å². The number of anilines is 1. The minimum absolute atomic E-state index is 0.161. The molecule has 0 atom stereocenters. The number of carbonyl (C=O) groups excluding carboxylic acids is 1. The molecular weight excluding hydrogens is 288 g/mol. The number of aromatic nitrogens is 2. The number of carbonyl (C=O) groups is 1. The molecule has 0 fully saturated rings. The van der Waals surface area contributed by atoms with Gasteiger partial charge >= 0.3 is 0 Å². The van der Waals surface area contributed by atoms with Crippen molar-refractivity contribution in [2.45, 2.75) is 25.8 Å². The molecule has 6 nitrogen and oxygen atoms in total. The summed E-state index contributed by atoms with van der Waals surface area (Å²) < 4.78 is 1.60. The molecule has 1 aromatic heterocycles. The van der Waals surface area contributed by atoms with Gasteiger partial charge in [-0.2, -0.15) is 5.10 Å². The molecule has 1 amide bonds. The highest BCUT2D eigenvalue weighted by atomic mass is 79.9. The van der Waals surface area contributed by atoms with E-state index < -0.39 is 11.4 Å². The maximum absolute atomic E-state index is 11.6. The van der Waals surface area contributed by atoms with E-state index in [0.29, 0.717) is 10.2 Å². The molecular formula is C10H15BrN4O2. The molecule has 1 heterocycles. The van der Waals surface area contributed by atoms with Crippen LogP contribution in [0.1, 0.15) is 20.3 Å². The van der Waals surface area contributed by atoms with Gasteiger partial charge in [0.25, 0.3) is 5.56 Å². The van der Waals surface area contributed by atoms with Gasteiger partial charge in [0.1, 0.15) is 4.47 Å². The second-order valence-corrected chi connectivity index (χ2v) is 5.25. The van der Waals surface area contributed by atoms with E-state index in [9.17, 15) is 9.59 Å². The van der Waals surface area contributed by atoms with Crippen LogP contribution in [-0.2, 0) is 11.8 Å². The van der Waals surface area contributed by atoms with Crippen LogP contribution in [0, 0.1) is 0 Å². The monoisotopic (exact) mass is 302 g/mol. The zero-order valence-corrected chi connectivity index (χ0v) is 11.5. The molecule has 0 aliphatic carbocycles. The number of nitrogens with one attached hydrogen (secondary N) is 1. The van der Waals surface area contributed by atoms with Crippen molar-refractivity contribution < 1.29 is 4.79 Å². The number of aryl methyl sites for hydroxylation is 1. The van der Waals surface area contributed by atoms with Crippen LogP contribution < -0.4 is 16.6 Å². The molecule has 0 aromatic carbocycles. The lowest BCUT2D eigenvalue weighted by Gasteiger charge is -2.26. The highest BCUT2D eigenvalue weighted by Gasteiger charge is 2.22. The molecule has 17 heavy (non-hydrogen) atoms. The van der Waals surface area contributed by atoms with Crippen molar-refractivity contribution in [2.24, 2.45) is 12.8 Å². The SMILES string of the molecule is Cn1ncc(NC(C)(C)CC(N)=O)c(Br)c1=O. The molecule has 3 N–H and O–H groups in total. The first-order valence-corrected chi connectivity index (χ1v) is 5.80. The molecule has 1 rings (SSSR count). The highest BCUT2D eigenvalue weighted by molar-refractivity contribution is 9.10. The van der Waals surface area contributed by atoms with Gasteiger partial charge in [0.05, 0.1) is 11.9 Å². The van der Waals surface area contributed by atoms with Gasteiger partial charge in [-0.15, -0.1) is 0 Å². The Labute approximate surface area is 107 Å². The van der Waals surface area contributed by atoms with Crippen LogP contribution >= 0.6 is 15.9 Å². The number of amides is 1. The standard InChI is InChI=1S/C10H15BrN4O2/c1-10(2,4-7(12)16)14-6-5-13-15(3)9(17)8(6)11/h5,14H,4H2,1-3H3,(H2,12,16). The average Bonchev–Trinajstić information content (AvgIpc) is 2.17. The molecule has 0 saturated carbocycles. The van der Waals surface area contributed by atoms with E-state index >= 15 is 0 Å². The van der Waals surface area contributed by atoms with Crippen LogP contribution in [0.15, 0.2) is 15.5 Å². The lowest BCUT2D eigenvalue weighted by atomic mass is 10.00. The average molecular weight is 303 g/mol.